The van der Waals surface area contributed by atoms with Crippen LogP contribution in [0.2, 0.25) is 0 Å². The third-order valence-corrected chi connectivity index (χ3v) is 5.99. The van der Waals surface area contributed by atoms with Crippen molar-refractivity contribution in [3.63, 3.8) is 0 Å². The highest BCUT2D eigenvalue weighted by Crippen LogP contribution is 2.45. The van der Waals surface area contributed by atoms with Gasteiger partial charge in [0, 0.05) is 31.6 Å². The van der Waals surface area contributed by atoms with Crippen molar-refractivity contribution < 1.29 is 9.53 Å². The van der Waals surface area contributed by atoms with Gasteiger partial charge < -0.3 is 9.64 Å². The summed E-state index contributed by atoms with van der Waals surface area (Å²) < 4.78 is 5.63. The lowest BCUT2D eigenvalue weighted by Gasteiger charge is -2.57. The highest BCUT2D eigenvalue weighted by molar-refractivity contribution is 5.68. The molecular weight excluding hydrogens is 384 g/mol. The van der Waals surface area contributed by atoms with Crippen LogP contribution in [0.25, 0.3) is 0 Å². The van der Waals surface area contributed by atoms with Gasteiger partial charge in [0.25, 0.3) is 0 Å². The van der Waals surface area contributed by atoms with E-state index in [4.69, 9.17) is 4.74 Å². The lowest BCUT2D eigenvalue weighted by atomic mass is 9.72. The van der Waals surface area contributed by atoms with Crippen molar-refractivity contribution in [1.29, 1.82) is 0 Å². The SMILES string of the molecule is CC.CC(C)(C)OC(=O)N1CCCC2(C1)CN(C(c1ccccc1)c1ccccc1)C2. The maximum absolute atomic E-state index is 12.6. The Kier molecular flexibility index (Phi) is 7.42. The zero-order chi connectivity index (χ0) is 22.5. The molecule has 2 saturated heterocycles. The van der Waals surface area contributed by atoms with Gasteiger partial charge in [-0.25, -0.2) is 4.79 Å². The van der Waals surface area contributed by atoms with Crippen LogP contribution in [0.3, 0.4) is 0 Å². The summed E-state index contributed by atoms with van der Waals surface area (Å²) in [5.41, 5.74) is 2.40. The van der Waals surface area contributed by atoms with E-state index in [0.29, 0.717) is 0 Å². The van der Waals surface area contributed by atoms with Gasteiger partial charge in [0.15, 0.2) is 0 Å². The number of ether oxygens (including phenoxy) is 1. The summed E-state index contributed by atoms with van der Waals surface area (Å²) in [6, 6.07) is 21.8. The van der Waals surface area contributed by atoms with Gasteiger partial charge in [0.1, 0.15) is 5.60 Å². The minimum Gasteiger partial charge on any atom is -0.444 e. The molecule has 2 aromatic carbocycles. The number of hydrogen-bond acceptors (Lipinski definition) is 3. The van der Waals surface area contributed by atoms with Crippen LogP contribution in [0.5, 0.6) is 0 Å². The van der Waals surface area contributed by atoms with Crippen LogP contribution in [0.4, 0.5) is 4.79 Å². The van der Waals surface area contributed by atoms with Gasteiger partial charge in [-0.1, -0.05) is 74.5 Å². The molecule has 2 aromatic rings. The maximum Gasteiger partial charge on any atom is 0.410 e. The Morgan fingerprint density at radius 3 is 1.90 bits per heavy atom. The Morgan fingerprint density at radius 1 is 0.903 bits per heavy atom. The molecule has 0 aliphatic carbocycles. The molecule has 0 N–H and O–H groups in total. The van der Waals surface area contributed by atoms with E-state index in [9.17, 15) is 4.79 Å². The third kappa shape index (κ3) is 5.68. The molecule has 31 heavy (non-hydrogen) atoms. The second kappa shape index (κ2) is 9.86. The Bertz CT molecular complexity index is 784. The van der Waals surface area contributed by atoms with Crippen LogP contribution < -0.4 is 0 Å². The molecule has 2 aliphatic rings. The topological polar surface area (TPSA) is 32.8 Å². The zero-order valence-electron chi connectivity index (χ0n) is 19.8. The Balaban J connectivity index is 0.00000132. The number of rotatable bonds is 3. The number of benzene rings is 2. The summed E-state index contributed by atoms with van der Waals surface area (Å²) in [5, 5.41) is 0. The summed E-state index contributed by atoms with van der Waals surface area (Å²) in [4.78, 5) is 17.1. The van der Waals surface area contributed by atoms with Crippen molar-refractivity contribution in [1.82, 2.24) is 9.80 Å². The summed E-state index contributed by atoms with van der Waals surface area (Å²) in [6.45, 7) is 13.4. The molecule has 0 bridgehead atoms. The molecule has 0 saturated carbocycles. The molecule has 4 nitrogen and oxygen atoms in total. The molecule has 4 rings (SSSR count). The highest BCUT2D eigenvalue weighted by Gasteiger charge is 2.49. The molecule has 2 fully saturated rings. The van der Waals surface area contributed by atoms with Crippen LogP contribution in [0.1, 0.15) is 64.6 Å². The molecule has 0 aromatic heterocycles. The number of nitrogens with zero attached hydrogens (tertiary/aromatic N) is 2. The number of piperidine rings is 1. The van der Waals surface area contributed by atoms with Crippen molar-refractivity contribution in [2.24, 2.45) is 5.41 Å². The van der Waals surface area contributed by atoms with Crippen molar-refractivity contribution in [3.8, 4) is 0 Å². The Hall–Kier alpha value is -2.33. The van der Waals surface area contributed by atoms with Gasteiger partial charge in [-0.3, -0.25) is 4.90 Å². The van der Waals surface area contributed by atoms with Crippen molar-refractivity contribution in [3.05, 3.63) is 71.8 Å². The van der Waals surface area contributed by atoms with E-state index < -0.39 is 5.60 Å². The minimum atomic E-state index is -0.445. The predicted octanol–water partition coefficient (Wildman–Crippen LogP) is 6.14. The standard InChI is InChI=1S/C25H32N2O2.C2H6/c1-24(2,3)29-23(28)26-16-10-15-25(17-26)18-27(19-25)22(20-11-6-4-7-12-20)21-13-8-5-9-14-21;1-2/h4-9,11-14,22H,10,15-19H2,1-3H3;1-2H3. The summed E-state index contributed by atoms with van der Waals surface area (Å²) >= 11 is 0. The molecule has 4 heteroatoms. The first-order valence-corrected chi connectivity index (χ1v) is 11.7. The Morgan fingerprint density at radius 2 is 1.42 bits per heavy atom. The lowest BCUT2D eigenvalue weighted by molar-refractivity contribution is -0.0722. The predicted molar refractivity (Wildman–Crippen MR) is 127 cm³/mol. The maximum atomic E-state index is 12.6. The monoisotopic (exact) mass is 422 g/mol. The van der Waals surface area contributed by atoms with E-state index in [0.717, 1.165) is 32.6 Å². The van der Waals surface area contributed by atoms with Crippen molar-refractivity contribution in [2.75, 3.05) is 26.2 Å². The summed E-state index contributed by atoms with van der Waals surface area (Å²) in [6.07, 6.45) is 2.06. The quantitative estimate of drug-likeness (QED) is 0.596. The van der Waals surface area contributed by atoms with Gasteiger partial charge >= 0.3 is 6.09 Å². The summed E-state index contributed by atoms with van der Waals surface area (Å²) in [5.74, 6) is 0. The van der Waals surface area contributed by atoms with Crippen molar-refractivity contribution in [2.45, 2.75) is 59.1 Å². The van der Waals surface area contributed by atoms with E-state index in [1.54, 1.807) is 0 Å². The second-order valence-corrected chi connectivity index (χ2v) is 9.63. The molecule has 0 unspecified atom stereocenters. The van der Waals surface area contributed by atoms with Gasteiger partial charge in [-0.05, 0) is 44.7 Å². The van der Waals surface area contributed by atoms with Crippen LogP contribution in [-0.4, -0.2) is 47.7 Å². The van der Waals surface area contributed by atoms with Gasteiger partial charge in [-0.2, -0.15) is 0 Å². The largest absolute Gasteiger partial charge is 0.444 e. The number of hydrogen-bond donors (Lipinski definition) is 0. The average Bonchev–Trinajstić information content (AvgIpc) is 2.75. The average molecular weight is 423 g/mol. The van der Waals surface area contributed by atoms with E-state index in [2.05, 4.69) is 65.6 Å². The number of amides is 1. The van der Waals surface area contributed by atoms with E-state index in [-0.39, 0.29) is 17.6 Å². The second-order valence-electron chi connectivity index (χ2n) is 9.63. The molecule has 0 atom stereocenters. The Labute approximate surface area is 188 Å². The first kappa shape index (κ1) is 23.3. The first-order valence-electron chi connectivity index (χ1n) is 11.7. The highest BCUT2D eigenvalue weighted by atomic mass is 16.6. The van der Waals surface area contributed by atoms with E-state index >= 15 is 0 Å². The third-order valence-electron chi connectivity index (χ3n) is 5.99. The smallest absolute Gasteiger partial charge is 0.410 e. The van der Waals surface area contributed by atoms with Gasteiger partial charge in [-0.15, -0.1) is 0 Å². The van der Waals surface area contributed by atoms with Crippen LogP contribution >= 0.6 is 0 Å². The first-order chi connectivity index (χ1) is 14.9. The fraction of sp³-hybridized carbons (Fsp3) is 0.519. The number of likely N-dealkylation sites (tertiary alicyclic amines) is 2. The van der Waals surface area contributed by atoms with E-state index in [1.165, 1.54) is 17.5 Å². The van der Waals surface area contributed by atoms with Gasteiger partial charge in [0.05, 0.1) is 6.04 Å². The molecule has 2 aliphatic heterocycles. The number of carbonyl (C=O) groups excluding carboxylic acids is 1. The molecule has 1 spiro atoms. The molecule has 168 valence electrons. The summed E-state index contributed by atoms with van der Waals surface area (Å²) in [7, 11) is 0. The van der Waals surface area contributed by atoms with Crippen LogP contribution in [0, 0.1) is 5.41 Å². The fourth-order valence-corrected chi connectivity index (χ4v) is 4.83. The lowest BCUT2D eigenvalue weighted by Crippen LogP contribution is -2.64. The zero-order valence-corrected chi connectivity index (χ0v) is 19.8. The normalized spacial score (nSPS) is 18.2. The van der Waals surface area contributed by atoms with Crippen LogP contribution in [0.15, 0.2) is 60.7 Å². The number of carbonyl (C=O) groups is 1. The molecule has 2 heterocycles. The van der Waals surface area contributed by atoms with Gasteiger partial charge in [0.2, 0.25) is 0 Å². The van der Waals surface area contributed by atoms with E-state index in [1.807, 2.05) is 39.5 Å². The van der Waals surface area contributed by atoms with Crippen molar-refractivity contribution >= 4 is 6.09 Å². The molecule has 0 radical (unpaired) electrons. The minimum absolute atomic E-state index is 0.169. The fourth-order valence-electron chi connectivity index (χ4n) is 4.83. The molecular formula is C27H38N2O2. The molecule has 1 amide bonds. The van der Waals surface area contributed by atoms with Crippen LogP contribution in [-0.2, 0) is 4.74 Å².